The van der Waals surface area contributed by atoms with E-state index in [9.17, 15) is 19.7 Å². The Morgan fingerprint density at radius 1 is 1.00 bits per heavy atom. The van der Waals surface area contributed by atoms with Crippen LogP contribution in [0.1, 0.15) is 40.1 Å². The number of hydrogen-bond acceptors (Lipinski definition) is 7. The van der Waals surface area contributed by atoms with Gasteiger partial charge in [0.2, 0.25) is 0 Å². The molecule has 0 radical (unpaired) electrons. The van der Waals surface area contributed by atoms with Crippen LogP contribution in [-0.2, 0) is 11.3 Å². The van der Waals surface area contributed by atoms with Gasteiger partial charge in [0.1, 0.15) is 0 Å². The quantitative estimate of drug-likeness (QED) is 0.382. The molecule has 0 bridgehead atoms. The Kier molecular flexibility index (Phi) is 7.91. The standard InChI is InChI=1S/C23H28N4O5/c1-3-25-9-11-26(12-10-25)16-17-5-7-20(8-6-17)24-22(28)18-13-19(23(29)32-4-2)15-21(14-18)27(30)31/h5-8,13-15H,3-4,9-12,16H2,1-2H3,(H,24,28). The van der Waals surface area contributed by atoms with Crippen molar-refractivity contribution in [3.05, 3.63) is 69.3 Å². The van der Waals surface area contributed by atoms with Gasteiger partial charge in [0.05, 0.1) is 17.1 Å². The van der Waals surface area contributed by atoms with Gasteiger partial charge in [-0.3, -0.25) is 19.8 Å². The smallest absolute Gasteiger partial charge is 0.338 e. The van der Waals surface area contributed by atoms with Crippen LogP contribution < -0.4 is 5.32 Å². The van der Waals surface area contributed by atoms with Crippen LogP contribution >= 0.6 is 0 Å². The Labute approximate surface area is 187 Å². The van der Waals surface area contributed by atoms with Gasteiger partial charge in [0, 0.05) is 56.1 Å². The van der Waals surface area contributed by atoms with Gasteiger partial charge >= 0.3 is 5.97 Å². The highest BCUT2D eigenvalue weighted by molar-refractivity contribution is 6.06. The van der Waals surface area contributed by atoms with Crippen molar-refractivity contribution in [2.45, 2.75) is 20.4 Å². The van der Waals surface area contributed by atoms with Crippen molar-refractivity contribution in [3.63, 3.8) is 0 Å². The first-order valence-electron chi connectivity index (χ1n) is 10.7. The van der Waals surface area contributed by atoms with Crippen molar-refractivity contribution >= 4 is 23.3 Å². The lowest BCUT2D eigenvalue weighted by atomic mass is 10.1. The molecule has 1 N–H and O–H groups in total. The molecule has 2 aromatic carbocycles. The molecule has 0 aliphatic carbocycles. The van der Waals surface area contributed by atoms with Crippen LogP contribution in [0.15, 0.2) is 42.5 Å². The van der Waals surface area contributed by atoms with Crippen molar-refractivity contribution in [1.82, 2.24) is 9.80 Å². The van der Waals surface area contributed by atoms with E-state index >= 15 is 0 Å². The second-order valence-corrected chi connectivity index (χ2v) is 7.61. The molecule has 1 amide bonds. The number of carbonyl (C=O) groups is 2. The number of nitrogens with one attached hydrogen (secondary N) is 1. The van der Waals surface area contributed by atoms with E-state index in [0.29, 0.717) is 5.69 Å². The molecular formula is C23H28N4O5. The zero-order valence-corrected chi connectivity index (χ0v) is 18.4. The number of hydrogen-bond donors (Lipinski definition) is 1. The third kappa shape index (κ3) is 6.12. The first kappa shape index (κ1) is 23.4. The predicted molar refractivity (Wildman–Crippen MR) is 121 cm³/mol. The number of nitro benzene ring substituents is 1. The first-order chi connectivity index (χ1) is 15.4. The van der Waals surface area contributed by atoms with Gasteiger partial charge in [-0.05, 0) is 37.2 Å². The maximum absolute atomic E-state index is 12.7. The largest absolute Gasteiger partial charge is 0.462 e. The highest BCUT2D eigenvalue weighted by Crippen LogP contribution is 2.20. The predicted octanol–water partition coefficient (Wildman–Crippen LogP) is 3.16. The SMILES string of the molecule is CCOC(=O)c1cc(C(=O)Nc2ccc(CN3CCN(CC)CC3)cc2)cc([N+](=O)[O-])c1. The number of benzene rings is 2. The summed E-state index contributed by atoms with van der Waals surface area (Å²) in [6, 6.07) is 11.1. The zero-order valence-electron chi connectivity index (χ0n) is 18.4. The number of amides is 1. The Morgan fingerprint density at radius 3 is 2.22 bits per heavy atom. The van der Waals surface area contributed by atoms with Crippen molar-refractivity contribution in [3.8, 4) is 0 Å². The molecule has 9 heteroatoms. The van der Waals surface area contributed by atoms with Crippen molar-refractivity contribution in [2.24, 2.45) is 0 Å². The van der Waals surface area contributed by atoms with Crippen LogP contribution in [0.25, 0.3) is 0 Å². The molecule has 0 spiro atoms. The van der Waals surface area contributed by atoms with Gasteiger partial charge in [-0.25, -0.2) is 4.79 Å². The van der Waals surface area contributed by atoms with Crippen molar-refractivity contribution in [1.29, 1.82) is 0 Å². The summed E-state index contributed by atoms with van der Waals surface area (Å²) in [5, 5.41) is 14.0. The van der Waals surface area contributed by atoms with Gasteiger partial charge in [-0.15, -0.1) is 0 Å². The summed E-state index contributed by atoms with van der Waals surface area (Å²) in [4.78, 5) is 40.1. The average molecular weight is 441 g/mol. The molecule has 0 aromatic heterocycles. The minimum Gasteiger partial charge on any atom is -0.462 e. The molecular weight excluding hydrogens is 412 g/mol. The number of likely N-dealkylation sites (N-methyl/N-ethyl adjacent to an activating group) is 1. The van der Waals surface area contributed by atoms with Gasteiger partial charge in [-0.1, -0.05) is 19.1 Å². The molecule has 32 heavy (non-hydrogen) atoms. The zero-order chi connectivity index (χ0) is 23.1. The molecule has 1 aliphatic rings. The van der Waals surface area contributed by atoms with Crippen LogP contribution in [-0.4, -0.2) is 65.9 Å². The molecule has 0 atom stereocenters. The lowest BCUT2D eigenvalue weighted by molar-refractivity contribution is -0.384. The fraction of sp³-hybridized carbons (Fsp3) is 0.391. The van der Waals surface area contributed by atoms with E-state index < -0.39 is 16.8 Å². The number of non-ortho nitro benzene ring substituents is 1. The highest BCUT2D eigenvalue weighted by Gasteiger charge is 2.19. The summed E-state index contributed by atoms with van der Waals surface area (Å²) in [6.45, 7) is 10.1. The number of carbonyl (C=O) groups excluding carboxylic acids is 2. The summed E-state index contributed by atoms with van der Waals surface area (Å²) < 4.78 is 4.90. The summed E-state index contributed by atoms with van der Waals surface area (Å²) in [6.07, 6.45) is 0. The number of nitro groups is 1. The monoisotopic (exact) mass is 440 g/mol. The number of esters is 1. The lowest BCUT2D eigenvalue weighted by Gasteiger charge is -2.34. The van der Waals surface area contributed by atoms with E-state index in [0.717, 1.165) is 57.0 Å². The molecule has 1 fully saturated rings. The molecule has 0 saturated carbocycles. The van der Waals surface area contributed by atoms with E-state index in [2.05, 4.69) is 22.0 Å². The van der Waals surface area contributed by atoms with Gasteiger partial charge in [0.25, 0.3) is 11.6 Å². The van der Waals surface area contributed by atoms with Crippen molar-refractivity contribution in [2.75, 3.05) is 44.6 Å². The molecule has 1 aliphatic heterocycles. The fourth-order valence-electron chi connectivity index (χ4n) is 3.60. The summed E-state index contributed by atoms with van der Waals surface area (Å²) in [5.41, 5.74) is 1.34. The van der Waals surface area contributed by atoms with Crippen LogP contribution in [0.2, 0.25) is 0 Å². The molecule has 2 aromatic rings. The number of piperazine rings is 1. The Balaban J connectivity index is 1.66. The van der Waals surface area contributed by atoms with Crippen LogP contribution in [0, 0.1) is 10.1 Å². The minimum absolute atomic E-state index is 0.0140. The Bertz CT molecular complexity index is 969. The van der Waals surface area contributed by atoms with Crippen molar-refractivity contribution < 1.29 is 19.2 Å². The number of nitrogens with zero attached hydrogens (tertiary/aromatic N) is 3. The number of rotatable bonds is 8. The summed E-state index contributed by atoms with van der Waals surface area (Å²) >= 11 is 0. The Morgan fingerprint density at radius 2 is 1.62 bits per heavy atom. The third-order valence-electron chi connectivity index (χ3n) is 5.43. The molecule has 1 saturated heterocycles. The molecule has 1 heterocycles. The molecule has 9 nitrogen and oxygen atoms in total. The van der Waals surface area contributed by atoms with E-state index in [1.807, 2.05) is 12.1 Å². The van der Waals surface area contributed by atoms with E-state index in [4.69, 9.17) is 4.74 Å². The Hall–Kier alpha value is -3.30. The van der Waals surface area contributed by atoms with E-state index in [1.165, 1.54) is 6.07 Å². The first-order valence-corrected chi connectivity index (χ1v) is 10.7. The molecule has 170 valence electrons. The normalized spacial score (nSPS) is 14.7. The maximum atomic E-state index is 12.7. The van der Waals surface area contributed by atoms with Crippen LogP contribution in [0.5, 0.6) is 0 Å². The minimum atomic E-state index is -0.714. The van der Waals surface area contributed by atoms with E-state index in [-0.39, 0.29) is 23.4 Å². The maximum Gasteiger partial charge on any atom is 0.338 e. The van der Waals surface area contributed by atoms with Gasteiger partial charge in [0.15, 0.2) is 0 Å². The fourth-order valence-corrected chi connectivity index (χ4v) is 3.60. The van der Waals surface area contributed by atoms with Crippen LogP contribution in [0.3, 0.4) is 0 Å². The topological polar surface area (TPSA) is 105 Å². The lowest BCUT2D eigenvalue weighted by Crippen LogP contribution is -2.45. The third-order valence-corrected chi connectivity index (χ3v) is 5.43. The second-order valence-electron chi connectivity index (χ2n) is 7.61. The van der Waals surface area contributed by atoms with Crippen LogP contribution in [0.4, 0.5) is 11.4 Å². The highest BCUT2D eigenvalue weighted by atomic mass is 16.6. The van der Waals surface area contributed by atoms with Gasteiger partial charge < -0.3 is 15.0 Å². The molecule has 0 unspecified atom stereocenters. The van der Waals surface area contributed by atoms with Gasteiger partial charge in [-0.2, -0.15) is 0 Å². The van der Waals surface area contributed by atoms with E-state index in [1.54, 1.807) is 19.1 Å². The number of ether oxygens (including phenoxy) is 1. The number of anilines is 1. The molecule has 3 rings (SSSR count). The summed E-state index contributed by atoms with van der Waals surface area (Å²) in [7, 11) is 0. The second kappa shape index (κ2) is 10.8. The summed E-state index contributed by atoms with van der Waals surface area (Å²) in [5.74, 6) is -1.25. The average Bonchev–Trinajstić information content (AvgIpc) is 2.80.